The average molecular weight is 614 g/mol. The van der Waals surface area contributed by atoms with E-state index in [4.69, 9.17) is 17.0 Å². The monoisotopic (exact) mass is 613 g/mol. The molecule has 5 rings (SSSR count). The second-order valence-electron chi connectivity index (χ2n) is 10.6. The number of carbonyl (C=O) groups is 1. The molecular formula is C33H35N5O3S2. The molecule has 3 aromatic rings. The van der Waals surface area contributed by atoms with Crippen molar-refractivity contribution in [1.29, 1.82) is 5.26 Å². The lowest BCUT2D eigenvalue weighted by Gasteiger charge is -2.39. The fraction of sp³-hybridized carbons (Fsp3) is 0.333. The minimum absolute atomic E-state index is 0.114. The van der Waals surface area contributed by atoms with Crippen molar-refractivity contribution in [2.45, 2.75) is 39.8 Å². The van der Waals surface area contributed by atoms with Crippen LogP contribution in [-0.2, 0) is 17.9 Å². The minimum atomic E-state index is -0.279. The first-order valence-corrected chi connectivity index (χ1v) is 15.7. The number of methoxy groups -OCH3 is 1. The lowest BCUT2D eigenvalue weighted by Crippen LogP contribution is -2.48. The number of hydrogen-bond acceptors (Lipinski definition) is 8. The van der Waals surface area contributed by atoms with Crippen LogP contribution in [0.3, 0.4) is 0 Å². The van der Waals surface area contributed by atoms with Gasteiger partial charge in [-0.25, -0.2) is 0 Å². The van der Waals surface area contributed by atoms with E-state index in [9.17, 15) is 14.9 Å². The van der Waals surface area contributed by atoms with Gasteiger partial charge in [0.05, 0.1) is 18.6 Å². The second kappa shape index (κ2) is 13.5. The zero-order valence-electron chi connectivity index (χ0n) is 24.7. The molecule has 8 nitrogen and oxygen atoms in total. The Hall–Kier alpha value is -4.07. The third-order valence-electron chi connectivity index (χ3n) is 7.93. The number of para-hydroxylation sites is 1. The van der Waals surface area contributed by atoms with Crippen LogP contribution in [0.15, 0.2) is 64.3 Å². The third-order valence-corrected chi connectivity index (χ3v) is 9.31. The van der Waals surface area contributed by atoms with Crippen LogP contribution in [0.5, 0.6) is 5.75 Å². The van der Waals surface area contributed by atoms with Crippen LogP contribution in [-0.4, -0.2) is 53.0 Å². The first kappa shape index (κ1) is 30.4. The molecule has 1 amide bonds. The minimum Gasteiger partial charge on any atom is -0.497 e. The smallest absolute Gasteiger partial charge is 0.270 e. The fourth-order valence-electron chi connectivity index (χ4n) is 5.50. The van der Waals surface area contributed by atoms with E-state index in [-0.39, 0.29) is 17.0 Å². The number of nitriles is 1. The van der Waals surface area contributed by atoms with Crippen LogP contribution >= 0.6 is 24.0 Å². The highest BCUT2D eigenvalue weighted by molar-refractivity contribution is 8.26. The number of rotatable bonds is 9. The Morgan fingerprint density at radius 1 is 1.02 bits per heavy atom. The van der Waals surface area contributed by atoms with Gasteiger partial charge in [-0.3, -0.25) is 19.1 Å². The summed E-state index contributed by atoms with van der Waals surface area (Å²) in [6.07, 6.45) is 3.54. The predicted octanol–water partition coefficient (Wildman–Crippen LogP) is 5.57. The molecule has 2 aliphatic heterocycles. The maximum atomic E-state index is 13.7. The fourth-order valence-corrected chi connectivity index (χ4v) is 6.74. The SMILES string of the molecule is CCCCn1c(N2CCN(c3ccccc3)CC2)c(/C=C2\SC(=S)N(Cc3ccc(OC)cc3)C2=O)c(C)c(C#N)c1=O. The molecule has 1 aromatic heterocycles. The number of benzene rings is 2. The molecule has 2 saturated heterocycles. The number of thiocarbonyl (C=S) groups is 1. The Kier molecular flexibility index (Phi) is 9.53. The van der Waals surface area contributed by atoms with Gasteiger partial charge < -0.3 is 14.5 Å². The lowest BCUT2D eigenvalue weighted by molar-refractivity contribution is -0.122. The topological polar surface area (TPSA) is 81.8 Å². The van der Waals surface area contributed by atoms with Gasteiger partial charge >= 0.3 is 0 Å². The molecule has 10 heteroatoms. The highest BCUT2D eigenvalue weighted by Gasteiger charge is 2.34. The number of anilines is 2. The first-order valence-electron chi connectivity index (χ1n) is 14.5. The summed E-state index contributed by atoms with van der Waals surface area (Å²) in [4.78, 5) is 34.0. The van der Waals surface area contributed by atoms with Crippen LogP contribution in [0, 0.1) is 18.3 Å². The number of ether oxygens (including phenoxy) is 1. The summed E-state index contributed by atoms with van der Waals surface area (Å²) in [6, 6.07) is 20.0. The maximum absolute atomic E-state index is 13.7. The molecule has 3 heterocycles. The number of hydrogen-bond donors (Lipinski definition) is 0. The molecule has 0 spiro atoms. The van der Waals surface area contributed by atoms with Crippen LogP contribution in [0.2, 0.25) is 0 Å². The molecule has 0 saturated carbocycles. The summed E-state index contributed by atoms with van der Waals surface area (Å²) in [7, 11) is 1.62. The van der Waals surface area contributed by atoms with E-state index < -0.39 is 0 Å². The molecular weight excluding hydrogens is 579 g/mol. The summed E-state index contributed by atoms with van der Waals surface area (Å²) < 4.78 is 7.48. The molecule has 2 fully saturated rings. The summed E-state index contributed by atoms with van der Waals surface area (Å²) >= 11 is 6.89. The van der Waals surface area contributed by atoms with Gasteiger partial charge in [-0.15, -0.1) is 0 Å². The predicted molar refractivity (Wildman–Crippen MR) is 178 cm³/mol. The average Bonchev–Trinajstić information content (AvgIpc) is 3.30. The number of nitrogens with zero attached hydrogens (tertiary/aromatic N) is 5. The Bertz CT molecular complexity index is 1640. The van der Waals surface area contributed by atoms with Gasteiger partial charge in [0.15, 0.2) is 0 Å². The molecule has 0 aliphatic carbocycles. The van der Waals surface area contributed by atoms with E-state index in [1.165, 1.54) is 17.4 Å². The number of piperazine rings is 1. The molecule has 0 bridgehead atoms. The van der Waals surface area contributed by atoms with Gasteiger partial charge in [0.25, 0.3) is 11.5 Å². The number of thioether (sulfide) groups is 1. The number of amides is 1. The van der Waals surface area contributed by atoms with Gasteiger partial charge in [-0.2, -0.15) is 5.26 Å². The standard InChI is InChI=1S/C33H35N5O3S2/c1-4-5-15-37-30(36-18-16-35(17-19-36)25-9-7-6-8-10-25)27(23(2)28(21-34)31(37)39)20-29-32(40)38(33(42)43-29)22-24-11-13-26(41-3)14-12-24/h6-14,20H,4-5,15-19,22H2,1-3H3/b29-20-. The lowest BCUT2D eigenvalue weighted by atomic mass is 10.0. The van der Waals surface area contributed by atoms with Crippen molar-refractivity contribution < 1.29 is 9.53 Å². The van der Waals surface area contributed by atoms with Crippen molar-refractivity contribution in [3.63, 3.8) is 0 Å². The van der Waals surface area contributed by atoms with Crippen LogP contribution in [0.1, 0.15) is 42.0 Å². The molecule has 222 valence electrons. The summed E-state index contributed by atoms with van der Waals surface area (Å²) in [6.45, 7) is 7.70. The molecule has 0 N–H and O–H groups in total. The van der Waals surface area contributed by atoms with E-state index >= 15 is 0 Å². The Morgan fingerprint density at radius 2 is 1.70 bits per heavy atom. The van der Waals surface area contributed by atoms with E-state index in [0.29, 0.717) is 41.0 Å². The maximum Gasteiger partial charge on any atom is 0.270 e. The first-order chi connectivity index (χ1) is 20.9. The van der Waals surface area contributed by atoms with Crippen molar-refractivity contribution in [1.82, 2.24) is 9.47 Å². The number of carbonyl (C=O) groups excluding carboxylic acids is 1. The summed E-state index contributed by atoms with van der Waals surface area (Å²) in [5.74, 6) is 1.33. The Labute approximate surface area is 262 Å². The van der Waals surface area contributed by atoms with Gasteiger partial charge in [0.1, 0.15) is 27.5 Å². The zero-order valence-corrected chi connectivity index (χ0v) is 26.3. The highest BCUT2D eigenvalue weighted by atomic mass is 32.2. The molecule has 2 aliphatic rings. The third kappa shape index (κ3) is 6.33. The Morgan fingerprint density at radius 3 is 2.33 bits per heavy atom. The van der Waals surface area contributed by atoms with Gasteiger partial charge in [0.2, 0.25) is 0 Å². The molecule has 43 heavy (non-hydrogen) atoms. The summed E-state index contributed by atoms with van der Waals surface area (Å²) in [5.41, 5.74) is 3.25. The number of unbranched alkanes of at least 4 members (excludes halogenated alkanes) is 1. The van der Waals surface area contributed by atoms with Crippen LogP contribution in [0.25, 0.3) is 6.08 Å². The Balaban J connectivity index is 1.52. The van der Waals surface area contributed by atoms with Gasteiger partial charge in [-0.1, -0.05) is 67.7 Å². The van der Waals surface area contributed by atoms with Crippen molar-refractivity contribution in [2.24, 2.45) is 0 Å². The van der Waals surface area contributed by atoms with Gasteiger partial charge in [-0.05, 0) is 54.8 Å². The number of aromatic nitrogens is 1. The zero-order chi connectivity index (χ0) is 30.5. The van der Waals surface area contributed by atoms with E-state index in [0.717, 1.165) is 48.6 Å². The molecule has 2 aromatic carbocycles. The summed E-state index contributed by atoms with van der Waals surface area (Å²) in [5, 5.41) is 10.0. The van der Waals surface area contributed by atoms with E-state index in [1.54, 1.807) is 23.5 Å². The highest BCUT2D eigenvalue weighted by Crippen LogP contribution is 2.37. The largest absolute Gasteiger partial charge is 0.497 e. The second-order valence-corrected chi connectivity index (χ2v) is 12.3. The van der Waals surface area contributed by atoms with Crippen molar-refractivity contribution in [2.75, 3.05) is 43.1 Å². The van der Waals surface area contributed by atoms with Crippen LogP contribution < -0.4 is 20.1 Å². The van der Waals surface area contributed by atoms with Gasteiger partial charge in [0, 0.05) is 44.0 Å². The van der Waals surface area contributed by atoms with Crippen molar-refractivity contribution >= 4 is 51.8 Å². The van der Waals surface area contributed by atoms with E-state index in [2.05, 4.69) is 34.9 Å². The van der Waals surface area contributed by atoms with Crippen molar-refractivity contribution in [3.05, 3.63) is 92.1 Å². The van der Waals surface area contributed by atoms with Crippen molar-refractivity contribution in [3.8, 4) is 11.8 Å². The normalized spacial score (nSPS) is 16.2. The quantitative estimate of drug-likeness (QED) is 0.229. The van der Waals surface area contributed by atoms with E-state index in [1.807, 2.05) is 48.5 Å². The number of pyridine rings is 1. The molecule has 0 atom stereocenters. The molecule has 0 radical (unpaired) electrons. The molecule has 0 unspecified atom stereocenters. The van der Waals surface area contributed by atoms with Crippen LogP contribution in [0.4, 0.5) is 11.5 Å².